The molecule has 1 aromatic carbocycles. The molecule has 2 rings (SSSR count). The van der Waals surface area contributed by atoms with Gasteiger partial charge in [-0.3, -0.25) is 4.79 Å². The Labute approximate surface area is 126 Å². The zero-order valence-corrected chi connectivity index (χ0v) is 12.9. The number of ether oxygens (including phenoxy) is 1. The van der Waals surface area contributed by atoms with Crippen molar-refractivity contribution in [3.63, 3.8) is 0 Å². The van der Waals surface area contributed by atoms with E-state index in [4.69, 9.17) is 9.84 Å². The number of aliphatic carboxylic acids is 1. The SMILES string of the molecule is COC1CCCC(N(CCC(=O)O)c2ccc(C)cc2)C1. The Morgan fingerprint density at radius 2 is 2.05 bits per heavy atom. The number of aryl methyl sites for hydroxylation is 1. The van der Waals surface area contributed by atoms with Crippen LogP contribution in [0.2, 0.25) is 0 Å². The average molecular weight is 291 g/mol. The maximum Gasteiger partial charge on any atom is 0.305 e. The molecule has 116 valence electrons. The highest BCUT2D eigenvalue weighted by molar-refractivity contribution is 5.67. The van der Waals surface area contributed by atoms with Gasteiger partial charge >= 0.3 is 5.97 Å². The fourth-order valence-corrected chi connectivity index (χ4v) is 3.09. The number of carbonyl (C=O) groups is 1. The monoisotopic (exact) mass is 291 g/mol. The minimum absolute atomic E-state index is 0.169. The van der Waals surface area contributed by atoms with Gasteiger partial charge in [0.15, 0.2) is 0 Å². The number of benzene rings is 1. The second kappa shape index (κ2) is 7.46. The van der Waals surface area contributed by atoms with E-state index in [9.17, 15) is 4.79 Å². The van der Waals surface area contributed by atoms with E-state index < -0.39 is 5.97 Å². The van der Waals surface area contributed by atoms with Crippen LogP contribution in [0.4, 0.5) is 5.69 Å². The second-order valence-electron chi connectivity index (χ2n) is 5.85. The fourth-order valence-electron chi connectivity index (χ4n) is 3.09. The van der Waals surface area contributed by atoms with Crippen LogP contribution in [0.5, 0.6) is 0 Å². The quantitative estimate of drug-likeness (QED) is 0.874. The fraction of sp³-hybridized carbons (Fsp3) is 0.588. The van der Waals surface area contributed by atoms with Crippen LogP contribution in [0.1, 0.15) is 37.7 Å². The third-order valence-corrected chi connectivity index (χ3v) is 4.30. The lowest BCUT2D eigenvalue weighted by Gasteiger charge is -2.38. The van der Waals surface area contributed by atoms with Crippen molar-refractivity contribution in [2.75, 3.05) is 18.6 Å². The van der Waals surface area contributed by atoms with E-state index >= 15 is 0 Å². The first-order chi connectivity index (χ1) is 10.1. The largest absolute Gasteiger partial charge is 0.481 e. The molecule has 0 aromatic heterocycles. The number of anilines is 1. The molecule has 0 spiro atoms. The number of methoxy groups -OCH3 is 1. The Morgan fingerprint density at radius 3 is 2.67 bits per heavy atom. The molecule has 1 aromatic rings. The molecule has 0 aliphatic heterocycles. The van der Waals surface area contributed by atoms with Gasteiger partial charge in [-0.15, -0.1) is 0 Å². The first-order valence-corrected chi connectivity index (χ1v) is 7.68. The van der Waals surface area contributed by atoms with E-state index in [0.717, 1.165) is 31.4 Å². The summed E-state index contributed by atoms with van der Waals surface area (Å²) >= 11 is 0. The van der Waals surface area contributed by atoms with E-state index in [2.05, 4.69) is 36.1 Å². The normalized spacial score (nSPS) is 22.0. The predicted octanol–water partition coefficient (Wildman–Crippen LogP) is 3.23. The summed E-state index contributed by atoms with van der Waals surface area (Å²) in [6.45, 7) is 2.62. The summed E-state index contributed by atoms with van der Waals surface area (Å²) in [5.41, 5.74) is 2.33. The molecular formula is C17H25NO3. The maximum absolute atomic E-state index is 10.9. The van der Waals surface area contributed by atoms with Gasteiger partial charge in [0.1, 0.15) is 0 Å². The van der Waals surface area contributed by atoms with Gasteiger partial charge in [0.2, 0.25) is 0 Å². The van der Waals surface area contributed by atoms with Crippen molar-refractivity contribution in [3.05, 3.63) is 29.8 Å². The molecule has 0 radical (unpaired) electrons. The molecule has 1 aliphatic rings. The molecule has 1 N–H and O–H groups in total. The van der Waals surface area contributed by atoms with E-state index in [1.807, 2.05) is 0 Å². The van der Waals surface area contributed by atoms with Gasteiger partial charge < -0.3 is 14.7 Å². The molecule has 0 bridgehead atoms. The van der Waals surface area contributed by atoms with Crippen molar-refractivity contribution in [2.24, 2.45) is 0 Å². The van der Waals surface area contributed by atoms with E-state index in [1.165, 1.54) is 5.56 Å². The van der Waals surface area contributed by atoms with Gasteiger partial charge in [0.05, 0.1) is 12.5 Å². The Balaban J connectivity index is 2.14. The average Bonchev–Trinajstić information content (AvgIpc) is 2.49. The second-order valence-corrected chi connectivity index (χ2v) is 5.85. The standard InChI is InChI=1S/C17H25NO3/c1-13-6-8-14(9-7-13)18(11-10-17(19)20)15-4-3-5-16(12-15)21-2/h6-9,15-16H,3-5,10-12H2,1-2H3,(H,19,20). The summed E-state index contributed by atoms with van der Waals surface area (Å²) in [5, 5.41) is 9.00. The number of carboxylic acids is 1. The Kier molecular flexibility index (Phi) is 5.62. The minimum Gasteiger partial charge on any atom is -0.481 e. The molecule has 21 heavy (non-hydrogen) atoms. The lowest BCUT2D eigenvalue weighted by molar-refractivity contribution is -0.136. The summed E-state index contributed by atoms with van der Waals surface area (Å²) < 4.78 is 5.51. The van der Waals surface area contributed by atoms with Gasteiger partial charge in [0.25, 0.3) is 0 Å². The van der Waals surface area contributed by atoms with E-state index in [0.29, 0.717) is 18.7 Å². The lowest BCUT2D eigenvalue weighted by Crippen LogP contribution is -2.42. The highest BCUT2D eigenvalue weighted by atomic mass is 16.5. The molecule has 2 unspecified atom stereocenters. The molecule has 0 saturated heterocycles. The third kappa shape index (κ3) is 4.46. The van der Waals surface area contributed by atoms with Crippen LogP contribution in [0, 0.1) is 6.92 Å². The third-order valence-electron chi connectivity index (χ3n) is 4.30. The van der Waals surface area contributed by atoms with Crippen LogP contribution in [0.15, 0.2) is 24.3 Å². The van der Waals surface area contributed by atoms with E-state index in [-0.39, 0.29) is 6.42 Å². The van der Waals surface area contributed by atoms with Crippen molar-refractivity contribution < 1.29 is 14.6 Å². The summed E-state index contributed by atoms with van der Waals surface area (Å²) in [6, 6.07) is 8.71. The molecule has 2 atom stereocenters. The van der Waals surface area contributed by atoms with Crippen molar-refractivity contribution in [2.45, 2.75) is 51.2 Å². The molecule has 4 heteroatoms. The first-order valence-electron chi connectivity index (χ1n) is 7.68. The molecule has 1 fully saturated rings. The van der Waals surface area contributed by atoms with Crippen LogP contribution in [-0.2, 0) is 9.53 Å². The summed E-state index contributed by atoms with van der Waals surface area (Å²) in [7, 11) is 1.76. The number of rotatable bonds is 6. The van der Waals surface area contributed by atoms with Crippen molar-refractivity contribution in [1.29, 1.82) is 0 Å². The summed E-state index contributed by atoms with van der Waals surface area (Å²) in [5.74, 6) is -0.744. The molecule has 1 aliphatic carbocycles. The highest BCUT2D eigenvalue weighted by Crippen LogP contribution is 2.29. The first kappa shape index (κ1) is 15.8. The number of carboxylic acid groups (broad SMARTS) is 1. The molecule has 0 heterocycles. The predicted molar refractivity (Wildman–Crippen MR) is 83.8 cm³/mol. The topological polar surface area (TPSA) is 49.8 Å². The molecule has 1 saturated carbocycles. The lowest BCUT2D eigenvalue weighted by atomic mass is 9.91. The number of hydrogen-bond donors (Lipinski definition) is 1. The van der Waals surface area contributed by atoms with Crippen LogP contribution in [0.3, 0.4) is 0 Å². The molecular weight excluding hydrogens is 266 g/mol. The van der Waals surface area contributed by atoms with Crippen LogP contribution in [-0.4, -0.2) is 36.9 Å². The summed E-state index contributed by atoms with van der Waals surface area (Å²) in [6.07, 6.45) is 4.78. The summed E-state index contributed by atoms with van der Waals surface area (Å²) in [4.78, 5) is 13.2. The van der Waals surface area contributed by atoms with Gasteiger partial charge in [-0.2, -0.15) is 0 Å². The highest BCUT2D eigenvalue weighted by Gasteiger charge is 2.27. The van der Waals surface area contributed by atoms with Crippen molar-refractivity contribution in [1.82, 2.24) is 0 Å². The van der Waals surface area contributed by atoms with Crippen molar-refractivity contribution >= 4 is 11.7 Å². The Bertz CT molecular complexity index is 458. The van der Waals surface area contributed by atoms with Gasteiger partial charge in [0, 0.05) is 25.4 Å². The van der Waals surface area contributed by atoms with Gasteiger partial charge in [-0.25, -0.2) is 0 Å². The number of nitrogens with zero attached hydrogens (tertiary/aromatic N) is 1. The van der Waals surface area contributed by atoms with Crippen molar-refractivity contribution in [3.8, 4) is 0 Å². The Morgan fingerprint density at radius 1 is 1.33 bits per heavy atom. The zero-order chi connectivity index (χ0) is 15.2. The van der Waals surface area contributed by atoms with Crippen LogP contribution < -0.4 is 4.90 Å². The van der Waals surface area contributed by atoms with Gasteiger partial charge in [-0.1, -0.05) is 17.7 Å². The van der Waals surface area contributed by atoms with E-state index in [1.54, 1.807) is 7.11 Å². The zero-order valence-electron chi connectivity index (χ0n) is 12.9. The molecule has 0 amide bonds. The maximum atomic E-state index is 10.9. The van der Waals surface area contributed by atoms with Gasteiger partial charge in [-0.05, 0) is 44.7 Å². The minimum atomic E-state index is -0.744. The molecule has 4 nitrogen and oxygen atoms in total. The number of hydrogen-bond acceptors (Lipinski definition) is 3. The van der Waals surface area contributed by atoms with Crippen LogP contribution >= 0.6 is 0 Å². The van der Waals surface area contributed by atoms with Crippen LogP contribution in [0.25, 0.3) is 0 Å². The smallest absolute Gasteiger partial charge is 0.305 e. The Hall–Kier alpha value is -1.55.